The minimum Gasteiger partial charge on any atom is -0.494 e. The summed E-state index contributed by atoms with van der Waals surface area (Å²) < 4.78 is 33.5. The van der Waals surface area contributed by atoms with Gasteiger partial charge in [-0.3, -0.25) is 4.79 Å². The minimum absolute atomic E-state index is 0.101. The lowest BCUT2D eigenvalue weighted by atomic mass is 10.0. The summed E-state index contributed by atoms with van der Waals surface area (Å²) in [6.45, 7) is 8.93. The molecular formula is C34H33FO7S. The van der Waals surface area contributed by atoms with Crippen LogP contribution in [0.4, 0.5) is 4.39 Å². The zero-order chi connectivity index (χ0) is 31.0. The second-order valence-corrected chi connectivity index (χ2v) is 10.3. The van der Waals surface area contributed by atoms with E-state index in [4.69, 9.17) is 14.2 Å². The van der Waals surface area contributed by atoms with Crippen LogP contribution in [0.15, 0.2) is 108 Å². The van der Waals surface area contributed by atoms with Gasteiger partial charge in [-0.1, -0.05) is 55.6 Å². The first-order chi connectivity index (χ1) is 20.7. The molecule has 3 aromatic rings. The van der Waals surface area contributed by atoms with Gasteiger partial charge in [-0.05, 0) is 90.7 Å². The topological polar surface area (TPSA) is 88.1 Å². The van der Waals surface area contributed by atoms with E-state index in [2.05, 4.69) is 17.9 Å². The number of hydrogen-bond donors (Lipinski definition) is 0. The molecule has 0 unspecified atom stereocenters. The van der Waals surface area contributed by atoms with Crippen LogP contribution in [0.25, 0.3) is 17.2 Å². The molecule has 0 radical (unpaired) electrons. The zero-order valence-electron chi connectivity index (χ0n) is 23.9. The first-order valence-electron chi connectivity index (χ1n) is 13.5. The van der Waals surface area contributed by atoms with Gasteiger partial charge in [0.1, 0.15) is 24.7 Å². The third kappa shape index (κ3) is 12.0. The molecule has 0 amide bonds. The van der Waals surface area contributed by atoms with Crippen molar-refractivity contribution in [1.29, 1.82) is 0 Å². The molecule has 0 atom stereocenters. The Balaban J connectivity index is 1.38. The predicted molar refractivity (Wildman–Crippen MR) is 165 cm³/mol. The Morgan fingerprint density at radius 2 is 1.26 bits per heavy atom. The van der Waals surface area contributed by atoms with Gasteiger partial charge in [-0.2, -0.15) is 4.39 Å². The first-order valence-corrected chi connectivity index (χ1v) is 14.3. The van der Waals surface area contributed by atoms with Gasteiger partial charge < -0.3 is 18.9 Å². The highest BCUT2D eigenvalue weighted by molar-refractivity contribution is 8.14. The standard InChI is InChI=1S/C34H33FO7S/c1-24(2)33(37)42-23-22-40-29-13-11-28(12-14-29)27-9-6-26(7-10-27)8-19-32(36)43-31-17-15-30(16-18-31)39-20-4-5-21-41-34(38)25(3)35/h6-19H,1,3-5,20-23H2,2H3/b19-8+. The quantitative estimate of drug-likeness (QED) is 0.0725. The van der Waals surface area contributed by atoms with Gasteiger partial charge in [-0.25, -0.2) is 9.59 Å². The lowest BCUT2D eigenvalue weighted by Gasteiger charge is -2.08. The normalized spacial score (nSPS) is 10.7. The molecule has 0 bridgehead atoms. The van der Waals surface area contributed by atoms with Crippen molar-refractivity contribution in [2.75, 3.05) is 26.4 Å². The van der Waals surface area contributed by atoms with Gasteiger partial charge in [0.25, 0.3) is 0 Å². The summed E-state index contributed by atoms with van der Waals surface area (Å²) in [5.41, 5.74) is 3.29. The molecule has 3 aromatic carbocycles. The van der Waals surface area contributed by atoms with E-state index in [-0.39, 0.29) is 24.9 Å². The molecular weight excluding hydrogens is 571 g/mol. The number of rotatable bonds is 16. The zero-order valence-corrected chi connectivity index (χ0v) is 24.7. The van der Waals surface area contributed by atoms with Crippen LogP contribution < -0.4 is 9.47 Å². The highest BCUT2D eigenvalue weighted by atomic mass is 32.2. The van der Waals surface area contributed by atoms with E-state index in [1.807, 2.05) is 60.7 Å². The van der Waals surface area contributed by atoms with Gasteiger partial charge >= 0.3 is 11.9 Å². The second kappa shape index (κ2) is 17.4. The molecule has 0 spiro atoms. The average Bonchev–Trinajstić information content (AvgIpc) is 3.01. The maximum atomic E-state index is 12.5. The molecule has 3 rings (SSSR count). The summed E-state index contributed by atoms with van der Waals surface area (Å²) >= 11 is 1.11. The summed E-state index contributed by atoms with van der Waals surface area (Å²) in [5, 5.41) is -0.103. The van der Waals surface area contributed by atoms with Crippen molar-refractivity contribution in [3.63, 3.8) is 0 Å². The summed E-state index contributed by atoms with van der Waals surface area (Å²) in [5.74, 6) is -1.25. The van der Waals surface area contributed by atoms with E-state index in [0.717, 1.165) is 33.3 Å². The van der Waals surface area contributed by atoms with Crippen molar-refractivity contribution in [3.8, 4) is 22.6 Å². The van der Waals surface area contributed by atoms with Crippen LogP contribution in [-0.2, 0) is 23.9 Å². The smallest absolute Gasteiger partial charge is 0.366 e. The lowest BCUT2D eigenvalue weighted by Crippen LogP contribution is -2.12. The Labute approximate surface area is 255 Å². The fourth-order valence-corrected chi connectivity index (χ4v) is 4.14. The van der Waals surface area contributed by atoms with Crippen molar-refractivity contribution in [1.82, 2.24) is 0 Å². The van der Waals surface area contributed by atoms with Gasteiger partial charge in [0, 0.05) is 10.5 Å². The molecule has 9 heteroatoms. The van der Waals surface area contributed by atoms with Crippen LogP contribution in [0.1, 0.15) is 25.3 Å². The maximum absolute atomic E-state index is 12.5. The molecule has 43 heavy (non-hydrogen) atoms. The van der Waals surface area contributed by atoms with Crippen molar-refractivity contribution < 1.29 is 37.7 Å². The first kappa shape index (κ1) is 32.9. The van der Waals surface area contributed by atoms with Crippen molar-refractivity contribution >= 4 is 34.9 Å². The Hall–Kier alpha value is -4.63. The number of carbonyl (C=O) groups excluding carboxylic acids is 3. The molecule has 0 aliphatic rings. The second-order valence-electron chi connectivity index (χ2n) is 9.23. The molecule has 224 valence electrons. The molecule has 0 aliphatic carbocycles. The van der Waals surface area contributed by atoms with Gasteiger partial charge in [0.15, 0.2) is 0 Å². The van der Waals surface area contributed by atoms with Crippen LogP contribution in [-0.4, -0.2) is 43.5 Å². The fraction of sp³-hybridized carbons (Fsp3) is 0.206. The Kier molecular flexibility index (Phi) is 13.3. The molecule has 0 aromatic heterocycles. The van der Waals surface area contributed by atoms with E-state index < -0.39 is 17.8 Å². The number of ether oxygens (including phenoxy) is 4. The fourth-order valence-electron chi connectivity index (χ4n) is 3.50. The van der Waals surface area contributed by atoms with Crippen LogP contribution >= 0.6 is 11.8 Å². The maximum Gasteiger partial charge on any atom is 0.366 e. The number of esters is 2. The third-order valence-corrected chi connectivity index (χ3v) is 6.59. The highest BCUT2D eigenvalue weighted by Gasteiger charge is 2.07. The Morgan fingerprint density at radius 3 is 1.86 bits per heavy atom. The SMILES string of the molecule is C=C(C)C(=O)OCCOc1ccc(-c2ccc(/C=C/C(=O)Sc3ccc(OCCCCOC(=O)C(=C)F)cc3)cc2)cc1. The van der Waals surface area contributed by atoms with Crippen LogP contribution in [0.5, 0.6) is 11.5 Å². The van der Waals surface area contributed by atoms with Crippen LogP contribution in [0, 0.1) is 0 Å². The summed E-state index contributed by atoms with van der Waals surface area (Å²) in [7, 11) is 0. The monoisotopic (exact) mass is 604 g/mol. The largest absolute Gasteiger partial charge is 0.494 e. The molecule has 0 saturated heterocycles. The van der Waals surface area contributed by atoms with E-state index in [1.54, 1.807) is 25.1 Å². The Morgan fingerprint density at radius 1 is 0.721 bits per heavy atom. The van der Waals surface area contributed by atoms with Crippen molar-refractivity contribution in [3.05, 3.63) is 109 Å². The van der Waals surface area contributed by atoms with Gasteiger partial charge in [0.2, 0.25) is 10.9 Å². The lowest BCUT2D eigenvalue weighted by molar-refractivity contribution is -0.141. The van der Waals surface area contributed by atoms with Crippen molar-refractivity contribution in [2.45, 2.75) is 24.7 Å². The number of unbranched alkanes of at least 4 members (excludes halogenated alkanes) is 1. The summed E-state index contributed by atoms with van der Waals surface area (Å²) in [4.78, 5) is 35.6. The highest BCUT2D eigenvalue weighted by Crippen LogP contribution is 2.25. The molecule has 0 N–H and O–H groups in total. The number of hydrogen-bond acceptors (Lipinski definition) is 8. The number of halogens is 1. The van der Waals surface area contributed by atoms with Crippen LogP contribution in [0.3, 0.4) is 0 Å². The summed E-state index contributed by atoms with van der Waals surface area (Å²) in [6.07, 6.45) is 4.48. The minimum atomic E-state index is -1.11. The average molecular weight is 605 g/mol. The van der Waals surface area contributed by atoms with Crippen LogP contribution in [0.2, 0.25) is 0 Å². The summed E-state index contributed by atoms with van der Waals surface area (Å²) in [6, 6.07) is 22.6. The molecule has 0 heterocycles. The number of carbonyl (C=O) groups is 3. The van der Waals surface area contributed by atoms with E-state index in [0.29, 0.717) is 36.5 Å². The predicted octanol–water partition coefficient (Wildman–Crippen LogP) is 7.37. The van der Waals surface area contributed by atoms with Crippen molar-refractivity contribution in [2.24, 2.45) is 0 Å². The van der Waals surface area contributed by atoms with Gasteiger partial charge in [0.05, 0.1) is 13.2 Å². The molecule has 0 fully saturated rings. The van der Waals surface area contributed by atoms with E-state index in [1.165, 1.54) is 6.08 Å². The molecule has 7 nitrogen and oxygen atoms in total. The Bertz CT molecular complexity index is 1430. The van der Waals surface area contributed by atoms with Gasteiger partial charge in [-0.15, -0.1) is 0 Å². The number of thioether (sulfide) groups is 1. The van der Waals surface area contributed by atoms with E-state index >= 15 is 0 Å². The number of benzene rings is 3. The molecule has 0 saturated carbocycles. The van der Waals surface area contributed by atoms with E-state index in [9.17, 15) is 18.8 Å². The molecule has 0 aliphatic heterocycles. The third-order valence-electron chi connectivity index (χ3n) is 5.75.